The zero-order valence-corrected chi connectivity index (χ0v) is 9.55. The van der Waals surface area contributed by atoms with Crippen LogP contribution in [0, 0.1) is 0 Å². The van der Waals surface area contributed by atoms with Gasteiger partial charge in [-0.1, -0.05) is 18.7 Å². The highest BCUT2D eigenvalue weighted by Gasteiger charge is 2.13. The van der Waals surface area contributed by atoms with E-state index in [9.17, 15) is 0 Å². The van der Waals surface area contributed by atoms with Gasteiger partial charge in [0.15, 0.2) is 0 Å². The first-order valence-electron chi connectivity index (χ1n) is 5.47. The van der Waals surface area contributed by atoms with E-state index in [4.69, 9.17) is 5.73 Å². The molecule has 2 N–H and O–H groups in total. The van der Waals surface area contributed by atoms with Crippen molar-refractivity contribution in [2.24, 2.45) is 10.7 Å². The number of aliphatic imine (C=N–C) groups is 1. The molecule has 0 aliphatic heterocycles. The lowest BCUT2D eigenvalue weighted by atomic mass is 9.89. The summed E-state index contributed by atoms with van der Waals surface area (Å²) in [6, 6.07) is 0. The molecule has 2 heteroatoms. The molecule has 0 saturated carbocycles. The average Bonchev–Trinajstić information content (AvgIpc) is 2.28. The van der Waals surface area contributed by atoms with Gasteiger partial charge in [0.2, 0.25) is 0 Å². The van der Waals surface area contributed by atoms with Gasteiger partial charge in [-0.25, -0.2) is 0 Å². The van der Waals surface area contributed by atoms with Gasteiger partial charge in [0.1, 0.15) is 0 Å². The van der Waals surface area contributed by atoms with Crippen molar-refractivity contribution in [1.29, 1.82) is 0 Å². The van der Waals surface area contributed by atoms with Gasteiger partial charge in [-0.05, 0) is 44.3 Å². The molecule has 0 aromatic rings. The molecule has 0 aromatic carbocycles. The first-order valence-corrected chi connectivity index (χ1v) is 5.47. The Balaban J connectivity index is 2.93. The lowest BCUT2D eigenvalue weighted by Gasteiger charge is -2.19. The van der Waals surface area contributed by atoms with Crippen LogP contribution in [0.2, 0.25) is 0 Å². The Labute approximate surface area is 92.3 Å². The van der Waals surface area contributed by atoms with Crippen molar-refractivity contribution >= 4 is 5.71 Å². The predicted molar refractivity (Wildman–Crippen MR) is 67.0 cm³/mol. The molecule has 0 spiro atoms. The fourth-order valence-corrected chi connectivity index (χ4v) is 1.96. The molecule has 0 radical (unpaired) electrons. The third kappa shape index (κ3) is 3.17. The largest absolute Gasteiger partial charge is 0.327 e. The summed E-state index contributed by atoms with van der Waals surface area (Å²) in [5, 5.41) is 0. The molecule has 2 nitrogen and oxygen atoms in total. The highest BCUT2D eigenvalue weighted by molar-refractivity contribution is 5.99. The van der Waals surface area contributed by atoms with E-state index in [0.717, 1.165) is 24.3 Å². The maximum atomic E-state index is 5.74. The van der Waals surface area contributed by atoms with Gasteiger partial charge < -0.3 is 5.73 Å². The summed E-state index contributed by atoms with van der Waals surface area (Å²) in [6.07, 6.45) is 6.40. The maximum absolute atomic E-state index is 5.74. The summed E-state index contributed by atoms with van der Waals surface area (Å²) in [7, 11) is 0. The van der Waals surface area contributed by atoms with E-state index >= 15 is 0 Å². The molecule has 0 fully saturated rings. The zero-order chi connectivity index (χ0) is 11.3. The second-order valence-corrected chi connectivity index (χ2v) is 3.89. The molecule has 0 aromatic heterocycles. The Bertz CT molecular complexity index is 321. The van der Waals surface area contributed by atoms with E-state index in [2.05, 4.69) is 18.2 Å². The van der Waals surface area contributed by atoms with Crippen LogP contribution in [0.15, 0.2) is 41.1 Å². The van der Waals surface area contributed by atoms with Crippen LogP contribution in [0.1, 0.15) is 32.6 Å². The second-order valence-electron chi connectivity index (χ2n) is 3.89. The molecule has 0 amide bonds. The molecule has 0 heterocycles. The van der Waals surface area contributed by atoms with Crippen LogP contribution in [0.25, 0.3) is 0 Å². The van der Waals surface area contributed by atoms with Crippen LogP contribution >= 0.6 is 0 Å². The van der Waals surface area contributed by atoms with Crippen molar-refractivity contribution in [1.82, 2.24) is 0 Å². The van der Waals surface area contributed by atoms with Gasteiger partial charge in [-0.15, -0.1) is 0 Å². The van der Waals surface area contributed by atoms with E-state index in [-0.39, 0.29) is 0 Å². The minimum Gasteiger partial charge on any atom is -0.327 e. The first-order chi connectivity index (χ1) is 7.19. The van der Waals surface area contributed by atoms with Crippen molar-refractivity contribution < 1.29 is 0 Å². The van der Waals surface area contributed by atoms with E-state index < -0.39 is 0 Å². The van der Waals surface area contributed by atoms with Gasteiger partial charge >= 0.3 is 0 Å². The summed E-state index contributed by atoms with van der Waals surface area (Å²) in [5.74, 6) is 0. The summed E-state index contributed by atoms with van der Waals surface area (Å²) >= 11 is 0. The Hall–Kier alpha value is -1.15. The van der Waals surface area contributed by atoms with Crippen LogP contribution in [0.3, 0.4) is 0 Å². The molecule has 0 saturated heterocycles. The quantitative estimate of drug-likeness (QED) is 0.555. The molecular formula is C13H20N2. The van der Waals surface area contributed by atoms with Gasteiger partial charge in [-0.2, -0.15) is 0 Å². The molecule has 15 heavy (non-hydrogen) atoms. The number of nitrogens with two attached hydrogens (primary N) is 1. The third-order valence-corrected chi connectivity index (χ3v) is 2.81. The third-order valence-electron chi connectivity index (χ3n) is 2.81. The predicted octanol–water partition coefficient (Wildman–Crippen LogP) is 2.98. The minimum absolute atomic E-state index is 0.656. The average molecular weight is 204 g/mol. The summed E-state index contributed by atoms with van der Waals surface area (Å²) in [4.78, 5) is 4.41. The van der Waals surface area contributed by atoms with Crippen molar-refractivity contribution in [2.45, 2.75) is 32.6 Å². The lowest BCUT2D eigenvalue weighted by Crippen LogP contribution is -2.14. The summed E-state index contributed by atoms with van der Waals surface area (Å²) in [6.45, 7) is 10.1. The number of nitrogens with zero attached hydrogens (tertiary/aromatic N) is 1. The fraction of sp³-hybridized carbons (Fsp3) is 0.462. The Morgan fingerprint density at radius 1 is 1.47 bits per heavy atom. The molecular weight excluding hydrogens is 184 g/mol. The van der Waals surface area contributed by atoms with Gasteiger partial charge in [0, 0.05) is 12.3 Å². The molecule has 0 atom stereocenters. The highest BCUT2D eigenvalue weighted by atomic mass is 14.7. The Kier molecular flexibility index (Phi) is 4.50. The summed E-state index contributed by atoms with van der Waals surface area (Å²) < 4.78 is 0. The fourth-order valence-electron chi connectivity index (χ4n) is 1.96. The van der Waals surface area contributed by atoms with Crippen LogP contribution in [-0.4, -0.2) is 12.3 Å². The lowest BCUT2D eigenvalue weighted by molar-refractivity contribution is 0.677. The van der Waals surface area contributed by atoms with Crippen LogP contribution in [0.4, 0.5) is 0 Å². The Morgan fingerprint density at radius 3 is 2.73 bits per heavy atom. The van der Waals surface area contributed by atoms with Crippen molar-refractivity contribution in [3.63, 3.8) is 0 Å². The van der Waals surface area contributed by atoms with Gasteiger partial charge in [-0.3, -0.25) is 4.99 Å². The van der Waals surface area contributed by atoms with Gasteiger partial charge in [0.05, 0.1) is 5.70 Å². The topological polar surface area (TPSA) is 38.4 Å². The number of hydrogen-bond acceptors (Lipinski definition) is 2. The first kappa shape index (κ1) is 11.9. The highest BCUT2D eigenvalue weighted by Crippen LogP contribution is 2.25. The normalized spacial score (nSPS) is 17.9. The Morgan fingerprint density at radius 2 is 2.13 bits per heavy atom. The second kappa shape index (κ2) is 5.66. The summed E-state index contributed by atoms with van der Waals surface area (Å²) in [5.41, 5.74) is 10.2. The monoisotopic (exact) mass is 204 g/mol. The zero-order valence-electron chi connectivity index (χ0n) is 9.55. The number of allylic oxidation sites excluding steroid dienone is 2. The number of hydrogen-bond donors (Lipinski definition) is 1. The van der Waals surface area contributed by atoms with E-state index in [0.29, 0.717) is 6.54 Å². The SMILES string of the molecule is C=CC(=C)N=C(C)C1=C(CN)CCCC1. The van der Waals surface area contributed by atoms with Gasteiger partial charge in [0.25, 0.3) is 0 Å². The van der Waals surface area contributed by atoms with Crippen molar-refractivity contribution in [3.05, 3.63) is 36.1 Å². The molecule has 1 aliphatic rings. The van der Waals surface area contributed by atoms with E-state index in [1.807, 2.05) is 6.92 Å². The van der Waals surface area contributed by atoms with Crippen molar-refractivity contribution in [2.75, 3.05) is 6.54 Å². The van der Waals surface area contributed by atoms with Crippen LogP contribution < -0.4 is 5.73 Å². The smallest absolute Gasteiger partial charge is 0.0555 e. The number of rotatable bonds is 4. The molecule has 82 valence electrons. The van der Waals surface area contributed by atoms with E-state index in [1.165, 1.54) is 24.0 Å². The minimum atomic E-state index is 0.656. The molecule has 0 bridgehead atoms. The molecule has 1 aliphatic carbocycles. The molecule has 0 unspecified atom stereocenters. The van der Waals surface area contributed by atoms with Crippen LogP contribution in [0.5, 0.6) is 0 Å². The van der Waals surface area contributed by atoms with Crippen LogP contribution in [-0.2, 0) is 0 Å². The van der Waals surface area contributed by atoms with E-state index in [1.54, 1.807) is 6.08 Å². The maximum Gasteiger partial charge on any atom is 0.0555 e. The van der Waals surface area contributed by atoms with Crippen molar-refractivity contribution in [3.8, 4) is 0 Å². The molecule has 1 rings (SSSR count). The standard InChI is InChI=1S/C13H20N2/c1-4-10(2)15-11(3)13-8-6-5-7-12(13)9-14/h4H,1-2,5-9,14H2,3H3.